The second-order valence-corrected chi connectivity index (χ2v) is 17.2. The summed E-state index contributed by atoms with van der Waals surface area (Å²) >= 11 is 1.94. The summed E-state index contributed by atoms with van der Waals surface area (Å²) in [6.45, 7) is 3.84. The molecule has 6 N–H and O–H groups in total. The lowest BCUT2D eigenvalue weighted by molar-refractivity contribution is -0.145. The Morgan fingerprint density at radius 3 is 2.65 bits per heavy atom. The molecule has 1 aliphatic carbocycles. The number of hydrogen-bond donors (Lipinski definition) is 6. The monoisotopic (exact) mass is 922 g/mol. The zero-order valence-corrected chi connectivity index (χ0v) is 34.6. The van der Waals surface area contributed by atoms with Crippen molar-refractivity contribution in [2.45, 2.75) is 81.7 Å². The van der Waals surface area contributed by atoms with Crippen molar-refractivity contribution >= 4 is 57.0 Å². The lowest BCUT2D eigenvalue weighted by Crippen LogP contribution is -2.56. The van der Waals surface area contributed by atoms with Gasteiger partial charge in [0.1, 0.15) is 39.2 Å². The molecule has 0 radical (unpaired) electrons. The zero-order chi connectivity index (χ0) is 41.2. The lowest BCUT2D eigenvalue weighted by atomic mass is 9.72. The SMILES string of the molecule is CC(C)[C@@H]1NC(=O)[C@@H](NC(=O)C2(O)CCCCC2)Cc2ccc3c(c2)C24c5cccc(c5NC2O3)-c2ccc(O)c3[nH]cc(c23)-c2oc(nc2C(=O)OCI)-c2nc1oc24. The molecule has 2 unspecified atom stereocenters. The van der Waals surface area contributed by atoms with Gasteiger partial charge in [0.15, 0.2) is 29.1 Å². The topological polar surface area (TPSA) is 214 Å². The van der Waals surface area contributed by atoms with E-state index in [0.717, 1.165) is 34.4 Å². The van der Waals surface area contributed by atoms with Crippen LogP contribution in [0.5, 0.6) is 11.5 Å². The predicted octanol–water partition coefficient (Wildman–Crippen LogP) is 6.74. The van der Waals surface area contributed by atoms with Crippen molar-refractivity contribution in [1.29, 1.82) is 0 Å². The number of rotatable bonds is 5. The fraction of sp³-hybridized carbons (Fsp3) is 0.341. The number of aliphatic hydroxyl groups is 1. The minimum atomic E-state index is -1.57. The number of H-pyrrole nitrogens is 1. The van der Waals surface area contributed by atoms with Crippen LogP contribution in [0, 0.1) is 5.92 Å². The molecule has 10 bridgehead atoms. The number of hydrogen-bond acceptors (Lipinski definition) is 12. The molecule has 3 aromatic heterocycles. The summed E-state index contributed by atoms with van der Waals surface area (Å²) in [7, 11) is 0. The molecule has 11 rings (SSSR count). The van der Waals surface area contributed by atoms with Crippen molar-refractivity contribution < 1.29 is 42.9 Å². The van der Waals surface area contributed by atoms with Crippen LogP contribution >= 0.6 is 22.6 Å². The standard InChI is InChI=1S/C44H39IN6O9/c1-19(2)30-38-50-34-36(60-38)44-24-8-6-7-22(21-10-11-27(52)32-29(21)23(17-46-32)35-33(40(54)57-18-45)49-39(34)59-35)31(24)51-42(44)58-28-12-9-20(15-25(28)44)16-26(37(53)48-30)47-41(55)43(56)13-4-3-5-14-43/h6-12,15,17,19,26,30,42,46,51-52,56H,3-5,13-14,16,18H2,1-2H3,(H,47,55)(H,48,53)/t26-,30-,42?,44?/m0/s1. The Hall–Kier alpha value is -5.88. The summed E-state index contributed by atoms with van der Waals surface area (Å²) < 4.78 is 26.1. The minimum absolute atomic E-state index is 0.00000498. The molecule has 0 saturated heterocycles. The smallest absolute Gasteiger partial charge is 0.361 e. The summed E-state index contributed by atoms with van der Waals surface area (Å²) in [6, 6.07) is 13.2. The van der Waals surface area contributed by atoms with Crippen LogP contribution < -0.4 is 20.7 Å². The van der Waals surface area contributed by atoms with E-state index in [4.69, 9.17) is 28.3 Å². The Kier molecular flexibility index (Phi) is 8.24. The van der Waals surface area contributed by atoms with Gasteiger partial charge in [0, 0.05) is 45.9 Å². The number of aromatic hydroxyl groups is 1. The van der Waals surface area contributed by atoms with E-state index in [1.807, 2.05) is 78.9 Å². The van der Waals surface area contributed by atoms with E-state index in [1.165, 1.54) is 0 Å². The molecular weight excluding hydrogens is 883 g/mol. The first kappa shape index (κ1) is 37.1. The highest BCUT2D eigenvalue weighted by molar-refractivity contribution is 14.1. The number of nitrogens with one attached hydrogen (secondary N) is 4. The summed E-state index contributed by atoms with van der Waals surface area (Å²) in [6.07, 6.45) is 3.98. The van der Waals surface area contributed by atoms with Crippen LogP contribution in [-0.4, -0.2) is 65.4 Å². The third-order valence-electron chi connectivity index (χ3n) is 12.8. The largest absolute Gasteiger partial charge is 0.506 e. The molecule has 1 spiro atoms. The van der Waals surface area contributed by atoms with Crippen LogP contribution in [0.2, 0.25) is 0 Å². The number of para-hydroxylation sites is 1. The van der Waals surface area contributed by atoms with Gasteiger partial charge in [-0.25, -0.2) is 9.78 Å². The van der Waals surface area contributed by atoms with Crippen molar-refractivity contribution in [3.63, 3.8) is 0 Å². The van der Waals surface area contributed by atoms with Crippen molar-refractivity contribution in [2.75, 3.05) is 9.93 Å². The van der Waals surface area contributed by atoms with E-state index in [0.29, 0.717) is 59.2 Å². The maximum absolute atomic E-state index is 14.5. The first-order chi connectivity index (χ1) is 29.0. The summed E-state index contributed by atoms with van der Waals surface area (Å²) in [5.74, 6) is -0.972. The van der Waals surface area contributed by atoms with Gasteiger partial charge in [0.25, 0.3) is 5.91 Å². The number of carbonyl (C=O) groups excluding carboxylic acids is 3. The number of alkyl halides is 1. The molecule has 5 aliphatic rings. The number of aromatic nitrogens is 3. The van der Waals surface area contributed by atoms with Crippen molar-refractivity contribution in [2.24, 2.45) is 5.92 Å². The van der Waals surface area contributed by atoms with Gasteiger partial charge >= 0.3 is 5.97 Å². The van der Waals surface area contributed by atoms with Gasteiger partial charge in [0.05, 0.1) is 5.52 Å². The van der Waals surface area contributed by atoms with Crippen molar-refractivity contribution in [3.05, 3.63) is 88.8 Å². The number of anilines is 1. The quantitative estimate of drug-likeness (QED) is 0.0603. The summed E-state index contributed by atoms with van der Waals surface area (Å²) in [4.78, 5) is 55.2. The average molecular weight is 923 g/mol. The van der Waals surface area contributed by atoms with E-state index in [9.17, 15) is 24.6 Å². The van der Waals surface area contributed by atoms with Crippen molar-refractivity contribution in [1.82, 2.24) is 25.6 Å². The number of esters is 1. The maximum atomic E-state index is 14.5. The fourth-order valence-electron chi connectivity index (χ4n) is 9.90. The number of oxazole rings is 2. The number of carbonyl (C=O) groups is 3. The molecule has 2 amide bonds. The number of halogens is 1. The van der Waals surface area contributed by atoms with E-state index in [1.54, 1.807) is 12.3 Å². The molecule has 3 aromatic carbocycles. The molecule has 6 aromatic rings. The molecule has 4 atom stereocenters. The minimum Gasteiger partial charge on any atom is -0.506 e. The molecule has 1 fully saturated rings. The predicted molar refractivity (Wildman–Crippen MR) is 224 cm³/mol. The van der Waals surface area contributed by atoms with Gasteiger partial charge in [-0.15, -0.1) is 0 Å². The highest BCUT2D eigenvalue weighted by Crippen LogP contribution is 2.61. The Morgan fingerprint density at radius 1 is 1.02 bits per heavy atom. The van der Waals surface area contributed by atoms with Crippen LogP contribution in [0.25, 0.3) is 44.9 Å². The third kappa shape index (κ3) is 5.18. The number of benzene rings is 3. The van der Waals surface area contributed by atoms with Crippen LogP contribution in [-0.2, 0) is 26.2 Å². The van der Waals surface area contributed by atoms with E-state index < -0.39 is 47.1 Å². The van der Waals surface area contributed by atoms with Gasteiger partial charge in [-0.1, -0.05) is 63.4 Å². The Morgan fingerprint density at radius 2 is 1.85 bits per heavy atom. The van der Waals surface area contributed by atoms with Gasteiger partial charge in [-0.3, -0.25) is 9.59 Å². The number of nitrogens with zero attached hydrogens (tertiary/aromatic N) is 2. The van der Waals surface area contributed by atoms with E-state index >= 15 is 0 Å². The number of phenolic OH excluding ortho intramolecular Hbond substituents is 1. The maximum Gasteiger partial charge on any atom is 0.361 e. The van der Waals surface area contributed by atoms with Crippen molar-refractivity contribution in [3.8, 4) is 45.5 Å². The molecule has 15 nitrogen and oxygen atoms in total. The molecular formula is C44H39IN6O9. The molecule has 4 aliphatic heterocycles. The van der Waals surface area contributed by atoms with Crippen LogP contribution in [0.3, 0.4) is 0 Å². The highest BCUT2D eigenvalue weighted by Gasteiger charge is 2.62. The van der Waals surface area contributed by atoms with Gasteiger partial charge in [-0.2, -0.15) is 4.98 Å². The Labute approximate surface area is 355 Å². The van der Waals surface area contributed by atoms with Crippen LogP contribution in [0.4, 0.5) is 5.69 Å². The summed E-state index contributed by atoms with van der Waals surface area (Å²) in [5, 5.41) is 32.9. The van der Waals surface area contributed by atoms with Crippen LogP contribution in [0.15, 0.2) is 63.6 Å². The van der Waals surface area contributed by atoms with E-state index in [-0.39, 0.29) is 51.6 Å². The normalized spacial score (nSPS) is 22.8. The third-order valence-corrected chi connectivity index (χ3v) is 13.1. The number of amides is 2. The highest BCUT2D eigenvalue weighted by atomic mass is 127. The molecule has 60 heavy (non-hydrogen) atoms. The zero-order valence-electron chi connectivity index (χ0n) is 32.5. The second-order valence-electron chi connectivity index (χ2n) is 16.6. The lowest BCUT2D eigenvalue weighted by Gasteiger charge is -2.33. The molecule has 16 heteroatoms. The number of phenols is 1. The molecule has 306 valence electrons. The number of aromatic amines is 1. The summed E-state index contributed by atoms with van der Waals surface area (Å²) in [5.41, 5.74) is 2.64. The molecule has 7 heterocycles. The van der Waals surface area contributed by atoms with Gasteiger partial charge in [-0.05, 0) is 70.7 Å². The van der Waals surface area contributed by atoms with E-state index in [2.05, 4.69) is 20.9 Å². The number of fused-ring (bicyclic) bond motifs is 7. The Bertz CT molecular complexity index is 2820. The number of ether oxygens (including phenoxy) is 2. The van der Waals surface area contributed by atoms with Crippen LogP contribution in [0.1, 0.15) is 90.8 Å². The fourth-order valence-corrected chi connectivity index (χ4v) is 10.2. The second kappa shape index (κ2) is 13.3. The first-order valence-corrected chi connectivity index (χ1v) is 21.7. The first-order valence-electron chi connectivity index (χ1n) is 20.1. The average Bonchev–Trinajstić information content (AvgIpc) is 4.06. The molecule has 1 saturated carbocycles. The Balaban J connectivity index is 1.20. The van der Waals surface area contributed by atoms with Gasteiger partial charge < -0.3 is 49.5 Å². The van der Waals surface area contributed by atoms with Gasteiger partial charge in [0.2, 0.25) is 17.7 Å².